The number of hydrogen-bond donors (Lipinski definition) is 0. The molecule has 106 valence electrons. The van der Waals surface area contributed by atoms with Crippen molar-refractivity contribution in [3.05, 3.63) is 65.8 Å². The van der Waals surface area contributed by atoms with Crippen LogP contribution in [-0.2, 0) is 9.73 Å². The molecule has 3 nitrogen and oxygen atoms in total. The zero-order chi connectivity index (χ0) is 14.9. The van der Waals surface area contributed by atoms with Crippen molar-refractivity contribution in [2.75, 3.05) is 6.26 Å². The zero-order valence-corrected chi connectivity index (χ0v) is 12.9. The lowest BCUT2D eigenvalue weighted by Gasteiger charge is -2.05. The van der Waals surface area contributed by atoms with Gasteiger partial charge in [-0.05, 0) is 36.4 Å². The second-order valence-electron chi connectivity index (χ2n) is 4.70. The van der Waals surface area contributed by atoms with Crippen molar-refractivity contribution in [1.29, 1.82) is 0 Å². The predicted octanol–water partition coefficient (Wildman–Crippen LogP) is 4.68. The molecule has 3 rings (SSSR count). The number of fused-ring (bicyclic) bond motifs is 1. The third-order valence-electron chi connectivity index (χ3n) is 3.13. The number of benzene rings is 2. The first-order valence-corrected chi connectivity index (χ1v) is 8.68. The van der Waals surface area contributed by atoms with Gasteiger partial charge >= 0.3 is 0 Å². The molecule has 2 aromatic carbocycles. The molecule has 1 aromatic heterocycles. The van der Waals surface area contributed by atoms with Gasteiger partial charge in [-0.25, -0.2) is 4.21 Å². The molecule has 0 bridgehead atoms. The number of hydrogen-bond acceptors (Lipinski definition) is 3. The van der Waals surface area contributed by atoms with Crippen molar-refractivity contribution in [1.82, 2.24) is 4.98 Å². The van der Waals surface area contributed by atoms with Gasteiger partial charge in [-0.15, -0.1) is 0 Å². The van der Waals surface area contributed by atoms with Gasteiger partial charge in [0.25, 0.3) is 0 Å². The van der Waals surface area contributed by atoms with Crippen LogP contribution in [0, 0.1) is 0 Å². The average molecular weight is 317 g/mol. The van der Waals surface area contributed by atoms with E-state index in [1.54, 1.807) is 24.6 Å². The van der Waals surface area contributed by atoms with E-state index in [2.05, 4.69) is 9.35 Å². The Morgan fingerprint density at radius 2 is 1.86 bits per heavy atom. The van der Waals surface area contributed by atoms with Crippen molar-refractivity contribution in [2.24, 2.45) is 4.36 Å². The Hall–Kier alpha value is -1.91. The minimum atomic E-state index is -2.48. The van der Waals surface area contributed by atoms with Gasteiger partial charge in [0, 0.05) is 22.7 Å². The summed E-state index contributed by atoms with van der Waals surface area (Å²) in [6.45, 7) is 0. The van der Waals surface area contributed by atoms with E-state index in [1.807, 2.05) is 42.5 Å². The molecule has 0 aliphatic rings. The molecule has 0 saturated carbocycles. The monoisotopic (exact) mass is 316 g/mol. The summed E-state index contributed by atoms with van der Waals surface area (Å²) in [4.78, 5) is 4.95. The van der Waals surface area contributed by atoms with Gasteiger partial charge in [-0.2, -0.15) is 4.36 Å². The molecule has 0 fully saturated rings. The first kappa shape index (κ1) is 14.0. The number of halogens is 1. The number of rotatable bonds is 2. The fourth-order valence-corrected chi connectivity index (χ4v) is 3.58. The van der Waals surface area contributed by atoms with Gasteiger partial charge in [0.2, 0.25) is 0 Å². The van der Waals surface area contributed by atoms with Gasteiger partial charge in [-0.1, -0.05) is 29.8 Å². The maximum absolute atomic E-state index is 12.8. The van der Waals surface area contributed by atoms with Gasteiger partial charge in [0.1, 0.15) is 0 Å². The highest BCUT2D eigenvalue weighted by Gasteiger charge is 2.07. The van der Waals surface area contributed by atoms with Crippen molar-refractivity contribution in [2.45, 2.75) is 4.90 Å². The molecule has 0 radical (unpaired) electrons. The van der Waals surface area contributed by atoms with Gasteiger partial charge in [0.05, 0.1) is 26.0 Å². The van der Waals surface area contributed by atoms with Gasteiger partial charge < -0.3 is 0 Å². The maximum Gasteiger partial charge on any atom is 0.0771 e. The third kappa shape index (κ3) is 2.91. The van der Waals surface area contributed by atoms with E-state index < -0.39 is 9.73 Å². The van der Waals surface area contributed by atoms with E-state index in [-0.39, 0.29) is 0 Å². The van der Waals surface area contributed by atoms with Crippen LogP contribution >= 0.6 is 11.6 Å². The van der Waals surface area contributed by atoms with Crippen LogP contribution in [0.15, 0.2) is 70.1 Å². The van der Waals surface area contributed by atoms with E-state index >= 15 is 0 Å². The number of aromatic nitrogens is 1. The lowest BCUT2D eigenvalue weighted by molar-refractivity contribution is 0.681. The molecule has 5 heteroatoms. The molecule has 0 aliphatic carbocycles. The standard InChI is InChI=1S/C16H13ClN2OS/c1-21(20,13-5-3-2-4-6-13)19-12-7-8-16-14(11-12)15(17)9-10-18-16/h2-11H,1H3/t21-/m1/s1. The summed E-state index contributed by atoms with van der Waals surface area (Å²) in [5, 5.41) is 1.42. The largest absolute Gasteiger partial charge is 0.256 e. The Morgan fingerprint density at radius 3 is 2.62 bits per heavy atom. The molecule has 21 heavy (non-hydrogen) atoms. The lowest BCUT2D eigenvalue weighted by Crippen LogP contribution is -1.96. The van der Waals surface area contributed by atoms with E-state index in [4.69, 9.17) is 11.6 Å². The van der Waals surface area contributed by atoms with E-state index in [1.165, 1.54) is 0 Å². The third-order valence-corrected chi connectivity index (χ3v) is 5.17. The fourth-order valence-electron chi connectivity index (χ4n) is 2.08. The summed E-state index contributed by atoms with van der Waals surface area (Å²) in [7, 11) is -2.48. The minimum absolute atomic E-state index is 0.611. The topological polar surface area (TPSA) is 42.3 Å². The van der Waals surface area contributed by atoms with Gasteiger partial charge in [-0.3, -0.25) is 4.98 Å². The molecule has 0 saturated heterocycles. The molecule has 0 spiro atoms. The zero-order valence-electron chi connectivity index (χ0n) is 11.4. The number of pyridine rings is 1. The minimum Gasteiger partial charge on any atom is -0.256 e. The fraction of sp³-hybridized carbons (Fsp3) is 0.0625. The summed E-state index contributed by atoms with van der Waals surface area (Å²) < 4.78 is 17.2. The van der Waals surface area contributed by atoms with Crippen LogP contribution in [0.2, 0.25) is 5.02 Å². The SMILES string of the molecule is C[S@](=O)(=Nc1ccc2nccc(Cl)c2c1)c1ccccc1. The highest BCUT2D eigenvalue weighted by molar-refractivity contribution is 7.93. The normalized spacial score (nSPS) is 13.8. The summed E-state index contributed by atoms with van der Waals surface area (Å²) in [5.41, 5.74) is 1.43. The molecule has 1 atom stereocenters. The van der Waals surface area contributed by atoms with Crippen LogP contribution in [0.4, 0.5) is 5.69 Å². The lowest BCUT2D eigenvalue weighted by atomic mass is 10.2. The number of nitrogens with zero attached hydrogens (tertiary/aromatic N) is 2. The van der Waals surface area contributed by atoms with Crippen LogP contribution < -0.4 is 0 Å². The van der Waals surface area contributed by atoms with Crippen LogP contribution in [0.5, 0.6) is 0 Å². The van der Waals surface area contributed by atoms with Gasteiger partial charge in [0.15, 0.2) is 0 Å². The van der Waals surface area contributed by atoms with Crippen LogP contribution in [0.3, 0.4) is 0 Å². The van der Waals surface area contributed by atoms with Crippen molar-refractivity contribution < 1.29 is 4.21 Å². The Labute approximate surface area is 128 Å². The molecule has 0 aliphatic heterocycles. The second kappa shape index (κ2) is 5.47. The van der Waals surface area contributed by atoms with Crippen LogP contribution in [0.1, 0.15) is 0 Å². The average Bonchev–Trinajstić information content (AvgIpc) is 2.49. The summed E-state index contributed by atoms with van der Waals surface area (Å²) in [6, 6.07) is 16.4. The van der Waals surface area contributed by atoms with Crippen molar-refractivity contribution in [3.8, 4) is 0 Å². The molecular weight excluding hydrogens is 304 g/mol. The molecule has 0 amide bonds. The molecule has 0 unspecified atom stereocenters. The van der Waals surface area contributed by atoms with Crippen LogP contribution in [-0.4, -0.2) is 15.4 Å². The highest BCUT2D eigenvalue weighted by atomic mass is 35.5. The van der Waals surface area contributed by atoms with Crippen molar-refractivity contribution in [3.63, 3.8) is 0 Å². The van der Waals surface area contributed by atoms with E-state index in [0.717, 1.165) is 10.9 Å². The highest BCUT2D eigenvalue weighted by Crippen LogP contribution is 2.27. The van der Waals surface area contributed by atoms with Crippen molar-refractivity contribution >= 4 is 37.9 Å². The van der Waals surface area contributed by atoms with E-state index in [0.29, 0.717) is 15.6 Å². The van der Waals surface area contributed by atoms with E-state index in [9.17, 15) is 4.21 Å². The molecule has 3 aromatic rings. The Morgan fingerprint density at radius 1 is 1.10 bits per heavy atom. The summed E-state index contributed by atoms with van der Waals surface area (Å²) in [5.74, 6) is 0. The molecule has 0 N–H and O–H groups in total. The molecular formula is C16H13ClN2OS. The quantitative estimate of drug-likeness (QED) is 0.689. The Balaban J connectivity index is 2.15. The maximum atomic E-state index is 12.8. The smallest absolute Gasteiger partial charge is 0.0771 e. The first-order chi connectivity index (χ1) is 10.1. The Bertz CT molecular complexity index is 916. The predicted molar refractivity (Wildman–Crippen MR) is 87.6 cm³/mol. The van der Waals surface area contributed by atoms with Crippen LogP contribution in [0.25, 0.3) is 10.9 Å². The summed E-state index contributed by atoms with van der Waals surface area (Å²) in [6.07, 6.45) is 3.30. The molecule has 1 heterocycles. The second-order valence-corrected chi connectivity index (χ2v) is 7.37. The first-order valence-electron chi connectivity index (χ1n) is 6.38. The Kier molecular flexibility index (Phi) is 3.66. The summed E-state index contributed by atoms with van der Waals surface area (Å²) >= 11 is 6.16.